The van der Waals surface area contributed by atoms with E-state index in [0.717, 1.165) is 5.69 Å². The highest BCUT2D eigenvalue weighted by Crippen LogP contribution is 2.20. The van der Waals surface area contributed by atoms with Gasteiger partial charge >= 0.3 is 0 Å². The first-order valence-corrected chi connectivity index (χ1v) is 8.22. The summed E-state index contributed by atoms with van der Waals surface area (Å²) in [6, 6.07) is 16.6. The molecule has 0 saturated heterocycles. The fourth-order valence-electron chi connectivity index (χ4n) is 2.61. The second-order valence-corrected chi connectivity index (χ2v) is 5.74. The van der Waals surface area contributed by atoms with E-state index in [-0.39, 0.29) is 5.91 Å². The fourth-order valence-corrected chi connectivity index (χ4v) is 2.61. The molecule has 0 bridgehead atoms. The monoisotopic (exact) mass is 362 g/mol. The Balaban J connectivity index is 1.84. The average Bonchev–Trinajstić information content (AvgIpc) is 3.09. The minimum absolute atomic E-state index is 0.304. The number of rotatable bonds is 5. The summed E-state index contributed by atoms with van der Waals surface area (Å²) in [6.07, 6.45) is 4.19. The van der Waals surface area contributed by atoms with Gasteiger partial charge in [0.25, 0.3) is 11.8 Å². The molecule has 0 saturated carbocycles. The third kappa shape index (κ3) is 4.10. The van der Waals surface area contributed by atoms with Gasteiger partial charge in [-0.3, -0.25) is 14.8 Å². The molecular weight excluding hydrogens is 344 g/mol. The number of nitrogens with zero attached hydrogens (tertiary/aromatic N) is 2. The molecule has 0 radical (unpaired) electrons. The van der Waals surface area contributed by atoms with Gasteiger partial charge in [0.1, 0.15) is 0 Å². The second-order valence-electron chi connectivity index (χ2n) is 5.74. The van der Waals surface area contributed by atoms with Crippen molar-refractivity contribution < 1.29 is 14.8 Å². The molecule has 0 fully saturated rings. The van der Waals surface area contributed by atoms with E-state index >= 15 is 0 Å². The van der Waals surface area contributed by atoms with Crippen LogP contribution in [0.1, 0.15) is 21.6 Å². The molecule has 2 amide bonds. The number of aromatic nitrogens is 2. The maximum absolute atomic E-state index is 12.7. The molecule has 7 heteroatoms. The molecule has 3 aromatic rings. The highest BCUT2D eigenvalue weighted by molar-refractivity contribution is 6.06. The van der Waals surface area contributed by atoms with Crippen LogP contribution in [0.15, 0.2) is 66.9 Å². The summed E-state index contributed by atoms with van der Waals surface area (Å²) < 4.78 is 1.70. The van der Waals surface area contributed by atoms with Gasteiger partial charge < -0.3 is 5.32 Å². The molecule has 3 N–H and O–H groups in total. The molecular formula is C20H18N4O3. The van der Waals surface area contributed by atoms with Gasteiger partial charge in [-0.05, 0) is 36.8 Å². The molecule has 0 spiro atoms. The van der Waals surface area contributed by atoms with Gasteiger partial charge in [0.2, 0.25) is 0 Å². The number of hydrogen-bond acceptors (Lipinski definition) is 4. The number of nitrogens with one attached hydrogen (secondary N) is 2. The van der Waals surface area contributed by atoms with Gasteiger partial charge in [0.15, 0.2) is 0 Å². The summed E-state index contributed by atoms with van der Waals surface area (Å²) >= 11 is 0. The zero-order valence-corrected chi connectivity index (χ0v) is 14.6. The van der Waals surface area contributed by atoms with Crippen molar-refractivity contribution in [2.75, 3.05) is 5.32 Å². The van der Waals surface area contributed by atoms with E-state index in [1.54, 1.807) is 28.9 Å². The number of anilines is 1. The first-order valence-electron chi connectivity index (χ1n) is 8.22. The van der Waals surface area contributed by atoms with E-state index in [0.29, 0.717) is 22.5 Å². The Morgan fingerprint density at radius 2 is 1.78 bits per heavy atom. The van der Waals surface area contributed by atoms with Crippen LogP contribution < -0.4 is 10.8 Å². The topological polar surface area (TPSA) is 96.2 Å². The SMILES string of the molecule is Cc1c(C(=O)Nc2ccccc2C=CC(=O)NO)cnn1-c1ccccc1. The lowest BCUT2D eigenvalue weighted by atomic mass is 10.1. The number of carbonyl (C=O) groups is 2. The molecule has 136 valence electrons. The molecule has 0 aliphatic carbocycles. The summed E-state index contributed by atoms with van der Waals surface area (Å²) in [5.41, 5.74) is 4.72. The van der Waals surface area contributed by atoms with Crippen molar-refractivity contribution in [3.8, 4) is 5.69 Å². The number of benzene rings is 2. The minimum atomic E-state index is -0.656. The number of hydrogen-bond donors (Lipinski definition) is 3. The Morgan fingerprint density at radius 1 is 1.07 bits per heavy atom. The van der Waals surface area contributed by atoms with Crippen LogP contribution in [0.3, 0.4) is 0 Å². The quantitative estimate of drug-likeness (QED) is 0.369. The Morgan fingerprint density at radius 3 is 2.52 bits per heavy atom. The number of para-hydroxylation sites is 2. The van der Waals surface area contributed by atoms with E-state index < -0.39 is 5.91 Å². The van der Waals surface area contributed by atoms with E-state index in [4.69, 9.17) is 5.21 Å². The van der Waals surface area contributed by atoms with E-state index in [9.17, 15) is 9.59 Å². The van der Waals surface area contributed by atoms with Crippen molar-refractivity contribution in [1.82, 2.24) is 15.3 Å². The van der Waals surface area contributed by atoms with Crippen molar-refractivity contribution in [1.29, 1.82) is 0 Å². The normalized spacial score (nSPS) is 10.7. The summed E-state index contributed by atoms with van der Waals surface area (Å²) in [7, 11) is 0. The van der Waals surface area contributed by atoms with Crippen LogP contribution in [0.25, 0.3) is 11.8 Å². The Kier molecular flexibility index (Phi) is 5.44. The van der Waals surface area contributed by atoms with Gasteiger partial charge in [-0.1, -0.05) is 36.4 Å². The second kappa shape index (κ2) is 8.11. The van der Waals surface area contributed by atoms with Gasteiger partial charge in [-0.2, -0.15) is 5.10 Å². The summed E-state index contributed by atoms with van der Waals surface area (Å²) in [6.45, 7) is 1.83. The van der Waals surface area contributed by atoms with Gasteiger partial charge in [0, 0.05) is 11.8 Å². The molecule has 1 heterocycles. The van der Waals surface area contributed by atoms with Crippen molar-refractivity contribution in [2.45, 2.75) is 6.92 Å². The molecule has 0 aliphatic rings. The lowest BCUT2D eigenvalue weighted by Crippen LogP contribution is -2.15. The minimum Gasteiger partial charge on any atom is -0.321 e. The van der Waals surface area contributed by atoms with Crippen LogP contribution in [0.4, 0.5) is 5.69 Å². The lowest BCUT2D eigenvalue weighted by Gasteiger charge is -2.09. The predicted molar refractivity (Wildman–Crippen MR) is 102 cm³/mol. The molecule has 0 atom stereocenters. The van der Waals surface area contributed by atoms with Crippen molar-refractivity contribution >= 4 is 23.6 Å². The van der Waals surface area contributed by atoms with Gasteiger partial charge in [-0.25, -0.2) is 10.2 Å². The summed E-state index contributed by atoms with van der Waals surface area (Å²) in [5, 5.41) is 15.7. The standard InChI is InChI=1S/C20H18N4O3/c1-14-17(13-21-24(14)16-8-3-2-4-9-16)20(26)22-18-10-6-5-7-15(18)11-12-19(25)23-27/h2-13,27H,1H3,(H,22,26)(H,23,25). The third-order valence-electron chi connectivity index (χ3n) is 3.99. The number of carbonyl (C=O) groups excluding carboxylic acids is 2. The first-order chi connectivity index (χ1) is 13.1. The van der Waals surface area contributed by atoms with E-state index in [1.807, 2.05) is 37.3 Å². The highest BCUT2D eigenvalue weighted by Gasteiger charge is 2.16. The Labute approximate surface area is 155 Å². The van der Waals surface area contributed by atoms with Gasteiger partial charge in [-0.15, -0.1) is 0 Å². The molecule has 7 nitrogen and oxygen atoms in total. The van der Waals surface area contributed by atoms with Crippen LogP contribution in [0.2, 0.25) is 0 Å². The van der Waals surface area contributed by atoms with Gasteiger partial charge in [0.05, 0.1) is 23.1 Å². The third-order valence-corrected chi connectivity index (χ3v) is 3.99. The largest absolute Gasteiger partial charge is 0.321 e. The smallest absolute Gasteiger partial charge is 0.267 e. The first kappa shape index (κ1) is 18.1. The predicted octanol–water partition coefficient (Wildman–Crippen LogP) is 2.95. The van der Waals surface area contributed by atoms with E-state index in [1.165, 1.54) is 23.8 Å². The zero-order valence-electron chi connectivity index (χ0n) is 14.6. The molecule has 0 aliphatic heterocycles. The summed E-state index contributed by atoms with van der Waals surface area (Å²) in [5.74, 6) is -0.960. The van der Waals surface area contributed by atoms with E-state index in [2.05, 4.69) is 10.4 Å². The molecule has 0 unspecified atom stereocenters. The molecule has 1 aromatic heterocycles. The highest BCUT2D eigenvalue weighted by atomic mass is 16.5. The van der Waals surface area contributed by atoms with Crippen LogP contribution in [0, 0.1) is 6.92 Å². The number of amides is 2. The van der Waals surface area contributed by atoms with Crippen LogP contribution in [-0.2, 0) is 4.79 Å². The molecule has 27 heavy (non-hydrogen) atoms. The fraction of sp³-hybridized carbons (Fsp3) is 0.0500. The Bertz CT molecular complexity index is 993. The average molecular weight is 362 g/mol. The number of hydroxylamine groups is 1. The lowest BCUT2D eigenvalue weighted by molar-refractivity contribution is -0.124. The maximum Gasteiger partial charge on any atom is 0.267 e. The zero-order chi connectivity index (χ0) is 19.2. The van der Waals surface area contributed by atoms with Crippen LogP contribution >= 0.6 is 0 Å². The van der Waals surface area contributed by atoms with Crippen LogP contribution in [0.5, 0.6) is 0 Å². The van der Waals surface area contributed by atoms with Crippen molar-refractivity contribution in [3.05, 3.63) is 83.7 Å². The van der Waals surface area contributed by atoms with Crippen molar-refractivity contribution in [2.24, 2.45) is 0 Å². The maximum atomic E-state index is 12.7. The molecule has 2 aromatic carbocycles. The summed E-state index contributed by atoms with van der Waals surface area (Å²) in [4.78, 5) is 23.9. The molecule has 3 rings (SSSR count). The Hall–Kier alpha value is -3.71. The van der Waals surface area contributed by atoms with Crippen molar-refractivity contribution in [3.63, 3.8) is 0 Å². The van der Waals surface area contributed by atoms with Crippen LogP contribution in [-0.4, -0.2) is 26.8 Å².